The third kappa shape index (κ3) is 5.42. The van der Waals surface area contributed by atoms with Crippen LogP contribution >= 0.6 is 23.2 Å². The topological polar surface area (TPSA) is 21.3 Å². The van der Waals surface area contributed by atoms with Gasteiger partial charge in [-0.1, -0.05) is 65.7 Å². The number of benzene rings is 3. The van der Waals surface area contributed by atoms with Gasteiger partial charge in [0.2, 0.25) is 0 Å². The molecule has 3 aromatic carbocycles. The Morgan fingerprint density at radius 3 is 2.36 bits per heavy atom. The van der Waals surface area contributed by atoms with Gasteiger partial charge in [0.1, 0.15) is 12.4 Å². The molecular formula is C21H19Cl2NO. The molecule has 0 heterocycles. The average Bonchev–Trinajstić information content (AvgIpc) is 2.64. The zero-order chi connectivity index (χ0) is 17.5. The van der Waals surface area contributed by atoms with Crippen LogP contribution in [0.25, 0.3) is 0 Å². The molecule has 0 atom stereocenters. The van der Waals surface area contributed by atoms with Crippen LogP contribution in [0.1, 0.15) is 11.1 Å². The molecule has 0 saturated carbocycles. The van der Waals surface area contributed by atoms with E-state index in [1.54, 1.807) is 6.07 Å². The van der Waals surface area contributed by atoms with Gasteiger partial charge in [0.15, 0.2) is 0 Å². The van der Waals surface area contributed by atoms with Gasteiger partial charge in [0.05, 0.1) is 10.0 Å². The van der Waals surface area contributed by atoms with Crippen molar-refractivity contribution in [1.29, 1.82) is 0 Å². The number of hydrogen-bond donors (Lipinski definition) is 1. The van der Waals surface area contributed by atoms with Gasteiger partial charge in [-0.3, -0.25) is 0 Å². The fourth-order valence-corrected chi connectivity index (χ4v) is 2.79. The molecule has 0 aliphatic heterocycles. The predicted octanol–water partition coefficient (Wildman–Crippen LogP) is 6.23. The molecule has 3 aromatic rings. The van der Waals surface area contributed by atoms with Crippen LogP contribution in [0.15, 0.2) is 72.8 Å². The number of anilines is 1. The van der Waals surface area contributed by atoms with Crippen LogP contribution in [0.3, 0.4) is 0 Å². The molecule has 0 spiro atoms. The first kappa shape index (κ1) is 17.7. The third-order valence-electron chi connectivity index (χ3n) is 3.81. The minimum Gasteiger partial charge on any atom is -0.489 e. The van der Waals surface area contributed by atoms with Gasteiger partial charge in [0.25, 0.3) is 0 Å². The maximum Gasteiger partial charge on any atom is 0.120 e. The van der Waals surface area contributed by atoms with E-state index in [0.29, 0.717) is 16.7 Å². The van der Waals surface area contributed by atoms with Gasteiger partial charge in [-0.25, -0.2) is 0 Å². The Morgan fingerprint density at radius 2 is 1.56 bits per heavy atom. The molecule has 128 valence electrons. The van der Waals surface area contributed by atoms with Crippen LogP contribution < -0.4 is 10.1 Å². The van der Waals surface area contributed by atoms with E-state index in [9.17, 15) is 0 Å². The second-order valence-electron chi connectivity index (χ2n) is 5.73. The van der Waals surface area contributed by atoms with Crippen molar-refractivity contribution in [3.05, 3.63) is 94.0 Å². The normalized spacial score (nSPS) is 10.5. The highest BCUT2D eigenvalue weighted by Crippen LogP contribution is 2.25. The van der Waals surface area contributed by atoms with E-state index in [1.807, 2.05) is 42.5 Å². The molecule has 0 bridgehead atoms. The maximum atomic E-state index is 6.03. The van der Waals surface area contributed by atoms with Crippen LogP contribution in [-0.2, 0) is 13.0 Å². The van der Waals surface area contributed by atoms with Crippen LogP contribution in [0.4, 0.5) is 5.69 Å². The molecule has 4 heteroatoms. The summed E-state index contributed by atoms with van der Waals surface area (Å²) in [7, 11) is 0. The van der Waals surface area contributed by atoms with Crippen LogP contribution in [0.2, 0.25) is 10.0 Å². The van der Waals surface area contributed by atoms with E-state index in [2.05, 4.69) is 29.6 Å². The number of ether oxygens (including phenoxy) is 1. The van der Waals surface area contributed by atoms with Gasteiger partial charge in [-0.2, -0.15) is 0 Å². The Balaban J connectivity index is 1.52. The summed E-state index contributed by atoms with van der Waals surface area (Å²) < 4.78 is 5.87. The van der Waals surface area contributed by atoms with E-state index in [0.717, 1.165) is 30.0 Å². The lowest BCUT2D eigenvalue weighted by Gasteiger charge is -2.10. The van der Waals surface area contributed by atoms with Crippen molar-refractivity contribution in [2.24, 2.45) is 0 Å². The van der Waals surface area contributed by atoms with Gasteiger partial charge >= 0.3 is 0 Å². The molecule has 0 aliphatic rings. The Morgan fingerprint density at radius 1 is 0.760 bits per heavy atom. The van der Waals surface area contributed by atoms with Crippen molar-refractivity contribution in [2.45, 2.75) is 13.0 Å². The highest BCUT2D eigenvalue weighted by Gasteiger charge is 2.01. The summed E-state index contributed by atoms with van der Waals surface area (Å²) in [4.78, 5) is 0. The average molecular weight is 372 g/mol. The predicted molar refractivity (Wildman–Crippen MR) is 106 cm³/mol. The van der Waals surface area contributed by atoms with Crippen molar-refractivity contribution in [1.82, 2.24) is 0 Å². The van der Waals surface area contributed by atoms with E-state index in [4.69, 9.17) is 27.9 Å². The first-order chi connectivity index (χ1) is 12.2. The van der Waals surface area contributed by atoms with Gasteiger partial charge in [0, 0.05) is 12.2 Å². The van der Waals surface area contributed by atoms with E-state index in [-0.39, 0.29) is 0 Å². The van der Waals surface area contributed by atoms with Gasteiger partial charge in [-0.05, 0) is 47.9 Å². The smallest absolute Gasteiger partial charge is 0.120 e. The molecule has 0 amide bonds. The second kappa shape index (κ2) is 8.80. The highest BCUT2D eigenvalue weighted by molar-refractivity contribution is 6.42. The van der Waals surface area contributed by atoms with E-state index >= 15 is 0 Å². The van der Waals surface area contributed by atoms with Crippen molar-refractivity contribution in [2.75, 3.05) is 11.9 Å². The first-order valence-corrected chi connectivity index (χ1v) is 8.91. The molecule has 0 radical (unpaired) electrons. The quantitative estimate of drug-likeness (QED) is 0.531. The Kier molecular flexibility index (Phi) is 6.21. The van der Waals surface area contributed by atoms with Crippen molar-refractivity contribution < 1.29 is 4.74 Å². The molecular weight excluding hydrogens is 353 g/mol. The zero-order valence-electron chi connectivity index (χ0n) is 13.7. The van der Waals surface area contributed by atoms with E-state index < -0.39 is 0 Å². The number of rotatable bonds is 7. The highest BCUT2D eigenvalue weighted by atomic mass is 35.5. The number of hydrogen-bond acceptors (Lipinski definition) is 2. The summed E-state index contributed by atoms with van der Waals surface area (Å²) in [5.41, 5.74) is 3.35. The fraction of sp³-hybridized carbons (Fsp3) is 0.143. The van der Waals surface area contributed by atoms with Gasteiger partial charge < -0.3 is 10.1 Å². The molecule has 0 unspecified atom stereocenters. The summed E-state index contributed by atoms with van der Waals surface area (Å²) in [6.07, 6.45) is 0.892. The van der Waals surface area contributed by atoms with Crippen LogP contribution in [-0.4, -0.2) is 6.54 Å². The summed E-state index contributed by atoms with van der Waals surface area (Å²) in [5, 5.41) is 4.48. The summed E-state index contributed by atoms with van der Waals surface area (Å²) in [5.74, 6) is 0.885. The van der Waals surface area contributed by atoms with Crippen molar-refractivity contribution in [3.63, 3.8) is 0 Å². The third-order valence-corrected chi connectivity index (χ3v) is 4.55. The Labute approximate surface area is 158 Å². The Hall–Kier alpha value is -2.16. The van der Waals surface area contributed by atoms with E-state index in [1.165, 1.54) is 5.56 Å². The SMILES string of the molecule is Clc1ccc(NCCc2cccc(OCc3ccccc3)c2)cc1Cl. The minimum atomic E-state index is 0.558. The van der Waals surface area contributed by atoms with Crippen molar-refractivity contribution in [3.8, 4) is 5.75 Å². The maximum absolute atomic E-state index is 6.03. The monoisotopic (exact) mass is 371 g/mol. The molecule has 0 aromatic heterocycles. The molecule has 2 nitrogen and oxygen atoms in total. The molecule has 0 fully saturated rings. The lowest BCUT2D eigenvalue weighted by Crippen LogP contribution is -2.05. The number of halogens is 2. The molecule has 0 aliphatic carbocycles. The molecule has 25 heavy (non-hydrogen) atoms. The summed E-state index contributed by atoms with van der Waals surface area (Å²) in [6, 6.07) is 23.9. The van der Waals surface area contributed by atoms with Gasteiger partial charge in [-0.15, -0.1) is 0 Å². The lowest BCUT2D eigenvalue weighted by molar-refractivity contribution is 0.306. The summed E-state index contributed by atoms with van der Waals surface area (Å²) in [6.45, 7) is 1.38. The zero-order valence-corrected chi connectivity index (χ0v) is 15.2. The lowest BCUT2D eigenvalue weighted by atomic mass is 10.1. The standard InChI is InChI=1S/C21H19Cl2NO/c22-20-10-9-18(14-21(20)23)24-12-11-16-7-4-8-19(13-16)25-15-17-5-2-1-3-6-17/h1-10,13-14,24H,11-12,15H2. The molecule has 3 rings (SSSR count). The van der Waals surface area contributed by atoms with Crippen molar-refractivity contribution >= 4 is 28.9 Å². The first-order valence-electron chi connectivity index (χ1n) is 8.15. The Bertz CT molecular complexity index is 821. The van der Waals surface area contributed by atoms with Crippen LogP contribution in [0.5, 0.6) is 5.75 Å². The largest absolute Gasteiger partial charge is 0.489 e. The molecule has 1 N–H and O–H groups in total. The summed E-state index contributed by atoms with van der Waals surface area (Å²) >= 11 is 12.0. The fourth-order valence-electron chi connectivity index (χ4n) is 2.49. The molecule has 0 saturated heterocycles. The number of nitrogens with one attached hydrogen (secondary N) is 1. The van der Waals surface area contributed by atoms with Crippen LogP contribution in [0, 0.1) is 0 Å². The second-order valence-corrected chi connectivity index (χ2v) is 6.54. The minimum absolute atomic E-state index is 0.558.